The van der Waals surface area contributed by atoms with E-state index in [0.717, 1.165) is 0 Å². The number of imidazole rings is 2. The molecule has 5 N–H and O–H groups in total. The zero-order valence-corrected chi connectivity index (χ0v) is 24.8. The van der Waals surface area contributed by atoms with Crippen molar-refractivity contribution in [2.45, 2.75) is 49.1 Å². The standard InChI is InChI=1S/C21H22BFN10O10P2/c1-37-13-8-3-39-45(22,36)43-12-7(40-19(9(12)23)32-5-28-10-15(24)26-4-27-16(10)32)2-38-44(35)42-14(13)20(41-8)33-6-29-11-17(33)30-21(25)31-18(11)34/h4-9,12-14,19-20H,2-3H2,1H3,(H4-,24,25,26,27,30,31,34)/p+1/t7?,8?,9?,12?,13?,14?,19?,20?,45-/m0/s1. The summed E-state index contributed by atoms with van der Waals surface area (Å²) in [6.45, 7) is -1.08. The molecule has 3 aliphatic heterocycles. The molecule has 7 heterocycles. The van der Waals surface area contributed by atoms with Gasteiger partial charge >= 0.3 is 8.25 Å². The Morgan fingerprint density at radius 2 is 1.80 bits per heavy atom. The largest absolute Gasteiger partial charge is 0.698 e. The van der Waals surface area contributed by atoms with Gasteiger partial charge in [0.15, 0.2) is 47.4 Å². The molecule has 10 atom stereocenters. The topological polar surface area (TPSA) is 258 Å². The number of nitrogen functional groups attached to an aromatic ring is 2. The van der Waals surface area contributed by atoms with Crippen LogP contribution in [0.1, 0.15) is 12.5 Å². The molecular formula is C21H23BFN10O10P2+. The summed E-state index contributed by atoms with van der Waals surface area (Å²) in [5, 5.41) is 0. The number of nitrogens with zero attached hydrogens (tertiary/aromatic N) is 7. The zero-order chi connectivity index (χ0) is 31.6. The fourth-order valence-electron chi connectivity index (χ4n) is 5.47. The molecule has 3 aliphatic rings. The Bertz CT molecular complexity index is 1900. The van der Waals surface area contributed by atoms with Crippen LogP contribution in [0.3, 0.4) is 0 Å². The molecule has 4 aromatic rings. The lowest BCUT2D eigenvalue weighted by Crippen LogP contribution is -2.36. The van der Waals surface area contributed by atoms with Crippen LogP contribution < -0.4 is 17.0 Å². The zero-order valence-electron chi connectivity index (χ0n) is 23.0. The average molecular weight is 667 g/mol. The van der Waals surface area contributed by atoms with E-state index in [2.05, 4.69) is 29.9 Å². The van der Waals surface area contributed by atoms with Gasteiger partial charge < -0.3 is 34.7 Å². The third kappa shape index (κ3) is 5.31. The van der Waals surface area contributed by atoms with Crippen LogP contribution in [0.4, 0.5) is 16.2 Å². The van der Waals surface area contributed by atoms with Crippen LogP contribution in [0.2, 0.25) is 0 Å². The Morgan fingerprint density at radius 3 is 2.58 bits per heavy atom. The van der Waals surface area contributed by atoms with Crippen molar-refractivity contribution in [2.75, 3.05) is 31.8 Å². The molecule has 7 rings (SSSR count). The first-order chi connectivity index (χ1) is 21.5. The highest BCUT2D eigenvalue weighted by atomic mass is 31.2. The lowest BCUT2D eigenvalue weighted by Gasteiger charge is -2.25. The monoisotopic (exact) mass is 667 g/mol. The van der Waals surface area contributed by atoms with Gasteiger partial charge in [0.05, 0.1) is 19.3 Å². The molecule has 2 bridgehead atoms. The van der Waals surface area contributed by atoms with E-state index < -0.39 is 83.6 Å². The molecule has 2 radical (unpaired) electrons. The summed E-state index contributed by atoms with van der Waals surface area (Å²) in [6.07, 6.45) is -7.19. The van der Waals surface area contributed by atoms with Gasteiger partial charge in [-0.2, -0.15) is 4.98 Å². The minimum Gasteiger partial charge on any atom is -0.382 e. The van der Waals surface area contributed by atoms with Gasteiger partial charge in [-0.1, -0.05) is 0 Å². The molecule has 20 nitrogen and oxygen atoms in total. The summed E-state index contributed by atoms with van der Waals surface area (Å²) in [6, 6.07) is 0. The van der Waals surface area contributed by atoms with Gasteiger partial charge in [0.1, 0.15) is 42.9 Å². The van der Waals surface area contributed by atoms with Crippen LogP contribution in [0.25, 0.3) is 22.3 Å². The van der Waals surface area contributed by atoms with E-state index in [0.29, 0.717) is 0 Å². The molecular weight excluding hydrogens is 644 g/mol. The van der Waals surface area contributed by atoms with E-state index in [1.54, 1.807) is 0 Å². The lowest BCUT2D eigenvalue weighted by molar-refractivity contribution is -0.0573. The number of methoxy groups -OCH3 is 1. The van der Waals surface area contributed by atoms with Crippen LogP contribution in [0, 0.1) is 0 Å². The number of hydrogen-bond acceptors (Lipinski definition) is 17. The van der Waals surface area contributed by atoms with Gasteiger partial charge in [-0.05, 0) is 0 Å². The Hall–Kier alpha value is -3.46. The highest BCUT2D eigenvalue weighted by molar-refractivity contribution is 7.79. The first-order valence-corrected chi connectivity index (χ1v) is 15.9. The van der Waals surface area contributed by atoms with E-state index in [9.17, 15) is 13.9 Å². The maximum atomic E-state index is 16.0. The van der Waals surface area contributed by atoms with E-state index >= 15 is 4.39 Å². The Morgan fingerprint density at radius 1 is 1.07 bits per heavy atom. The third-order valence-electron chi connectivity index (χ3n) is 7.45. The van der Waals surface area contributed by atoms with Crippen molar-refractivity contribution in [1.82, 2.24) is 39.0 Å². The third-order valence-corrected chi connectivity index (χ3v) is 9.27. The van der Waals surface area contributed by atoms with Crippen molar-refractivity contribution >= 4 is 57.4 Å². The molecule has 0 aliphatic carbocycles. The van der Waals surface area contributed by atoms with Crippen LogP contribution in [-0.4, -0.2) is 104 Å². The molecule has 0 aromatic carbocycles. The smallest absolute Gasteiger partial charge is 0.382 e. The summed E-state index contributed by atoms with van der Waals surface area (Å²) in [7, 11) is -0.271. The first-order valence-electron chi connectivity index (χ1n) is 13.2. The molecule has 9 unspecified atom stereocenters. The number of H-pyrrole nitrogens is 1. The van der Waals surface area contributed by atoms with Crippen LogP contribution in [0.15, 0.2) is 23.8 Å². The predicted molar refractivity (Wildman–Crippen MR) is 148 cm³/mol. The number of anilines is 2. The summed E-state index contributed by atoms with van der Waals surface area (Å²) in [5.74, 6) is -0.136. The molecule has 24 heteroatoms. The van der Waals surface area contributed by atoms with Gasteiger partial charge in [0.25, 0.3) is 13.0 Å². The first kappa shape index (κ1) is 30.2. The van der Waals surface area contributed by atoms with Crippen LogP contribution in [0.5, 0.6) is 0 Å². The van der Waals surface area contributed by atoms with Gasteiger partial charge in [-0.15, -0.1) is 9.05 Å². The number of hydrogen-bond donors (Lipinski definition) is 3. The number of aromatic amines is 1. The van der Waals surface area contributed by atoms with Gasteiger partial charge in [0, 0.05) is 11.7 Å². The molecule has 4 aromatic heterocycles. The van der Waals surface area contributed by atoms with Gasteiger partial charge in [-0.25, -0.2) is 24.3 Å². The Kier molecular flexibility index (Phi) is 7.66. The van der Waals surface area contributed by atoms with Crippen molar-refractivity contribution in [2.24, 2.45) is 0 Å². The van der Waals surface area contributed by atoms with Crippen molar-refractivity contribution in [3.63, 3.8) is 0 Å². The number of ether oxygens (including phenoxy) is 3. The van der Waals surface area contributed by atoms with E-state index in [1.807, 2.05) is 0 Å². The Balaban J connectivity index is 1.20. The predicted octanol–water partition coefficient (Wildman–Crippen LogP) is 0.0230. The van der Waals surface area contributed by atoms with Gasteiger partial charge in [-0.3, -0.25) is 23.5 Å². The highest BCUT2D eigenvalue weighted by Crippen LogP contribution is 2.51. The van der Waals surface area contributed by atoms with Crippen molar-refractivity contribution in [3.8, 4) is 0 Å². The number of alkyl halides is 1. The Labute approximate surface area is 252 Å². The minimum absolute atomic E-state index is 0.0256. The summed E-state index contributed by atoms with van der Waals surface area (Å²) in [5.41, 5.74) is 11.3. The number of rotatable bonds is 3. The fraction of sp³-hybridized carbons (Fsp3) is 0.524. The second-order valence-corrected chi connectivity index (χ2v) is 12.6. The molecule has 0 amide bonds. The maximum Gasteiger partial charge on any atom is 0.698 e. The molecule has 3 saturated heterocycles. The second kappa shape index (κ2) is 11.4. The van der Waals surface area contributed by atoms with Crippen molar-refractivity contribution in [1.29, 1.82) is 0 Å². The number of fused-ring (bicyclic) bond motifs is 5. The van der Waals surface area contributed by atoms with Crippen LogP contribution in [-0.2, 0) is 41.4 Å². The molecule has 45 heavy (non-hydrogen) atoms. The normalized spacial score (nSPS) is 35.2. The summed E-state index contributed by atoms with van der Waals surface area (Å²) < 4.78 is 84.7. The van der Waals surface area contributed by atoms with Gasteiger partial charge in [0.2, 0.25) is 13.5 Å². The second-order valence-electron chi connectivity index (χ2n) is 10.1. The van der Waals surface area contributed by atoms with E-state index in [4.69, 9.17) is 51.3 Å². The molecule has 3 fully saturated rings. The molecule has 236 valence electrons. The number of halogens is 1. The highest BCUT2D eigenvalue weighted by Gasteiger charge is 2.55. The summed E-state index contributed by atoms with van der Waals surface area (Å²) in [4.78, 5) is 34.9. The number of nitrogens with two attached hydrogens (primary N) is 2. The van der Waals surface area contributed by atoms with E-state index in [-0.39, 0.29) is 34.1 Å². The molecule has 0 saturated carbocycles. The van der Waals surface area contributed by atoms with Crippen molar-refractivity contribution in [3.05, 3.63) is 29.3 Å². The fourth-order valence-corrected chi connectivity index (χ4v) is 7.23. The molecule has 0 spiro atoms. The summed E-state index contributed by atoms with van der Waals surface area (Å²) >= 11 is 0. The quantitative estimate of drug-likeness (QED) is 0.192. The lowest BCUT2D eigenvalue weighted by atomic mass is 10.1. The SMILES string of the molecule is [B][P@]1(=O)OCC2OC(n3cnc4c(=O)[nH]c(N)nc43)C(O[P+](=O)OCC3OC(n4cnc5c(N)ncnc54)C(F)C3O1)C2OC. The minimum atomic E-state index is -4.52. The van der Waals surface area contributed by atoms with Crippen molar-refractivity contribution < 1.29 is 45.8 Å². The maximum absolute atomic E-state index is 16.0. The van der Waals surface area contributed by atoms with Crippen LogP contribution >= 0.6 is 15.7 Å². The number of aromatic nitrogens is 8. The number of nitrogens with one attached hydrogen (secondary N) is 1. The average Bonchev–Trinajstić information content (AvgIpc) is 3.75. The van der Waals surface area contributed by atoms with E-state index in [1.165, 1.54) is 35.2 Å².